The van der Waals surface area contributed by atoms with Crippen molar-refractivity contribution in [1.82, 2.24) is 0 Å². The number of nitrogens with zero attached hydrogens (tertiary/aromatic N) is 1. The Balaban J connectivity index is 2.58. The largest absolute Gasteiger partial charge is 0.493 e. The summed E-state index contributed by atoms with van der Waals surface area (Å²) in [6.07, 6.45) is 1.41. The third kappa shape index (κ3) is 3.35. The van der Waals surface area contributed by atoms with Crippen LogP contribution >= 0.6 is 0 Å². The predicted molar refractivity (Wildman–Crippen MR) is 62.9 cm³/mol. The zero-order chi connectivity index (χ0) is 11.8. The fourth-order valence-electron chi connectivity index (χ4n) is 1.35. The fraction of sp³-hybridized carbons (Fsp3) is 0.417. The monoisotopic (exact) mass is 220 g/mol. The number of nitriles is 1. The molecule has 1 aromatic rings. The van der Waals surface area contributed by atoms with Crippen molar-refractivity contribution in [3.63, 3.8) is 0 Å². The van der Waals surface area contributed by atoms with E-state index in [2.05, 4.69) is 11.4 Å². The second-order valence-corrected chi connectivity index (χ2v) is 3.26. The maximum Gasteiger partial charge on any atom is 0.162 e. The Morgan fingerprint density at radius 2 is 2.00 bits per heavy atom. The molecule has 0 saturated heterocycles. The second-order valence-electron chi connectivity index (χ2n) is 3.26. The Hall–Kier alpha value is -1.89. The lowest BCUT2D eigenvalue weighted by atomic mass is 10.2. The van der Waals surface area contributed by atoms with E-state index >= 15 is 0 Å². The van der Waals surface area contributed by atoms with E-state index in [4.69, 9.17) is 14.7 Å². The van der Waals surface area contributed by atoms with Gasteiger partial charge in [0.2, 0.25) is 0 Å². The van der Waals surface area contributed by atoms with Crippen molar-refractivity contribution in [2.75, 3.05) is 26.1 Å². The summed E-state index contributed by atoms with van der Waals surface area (Å²) in [6, 6.07) is 7.77. The van der Waals surface area contributed by atoms with Crippen molar-refractivity contribution < 1.29 is 9.47 Å². The number of hydrogen-bond acceptors (Lipinski definition) is 4. The molecule has 1 rings (SSSR count). The lowest BCUT2D eigenvalue weighted by Crippen LogP contribution is -2.01. The highest BCUT2D eigenvalue weighted by Gasteiger charge is 2.03. The molecule has 0 radical (unpaired) electrons. The summed E-state index contributed by atoms with van der Waals surface area (Å²) in [7, 11) is 3.22. The minimum Gasteiger partial charge on any atom is -0.493 e. The van der Waals surface area contributed by atoms with Gasteiger partial charge in [-0.1, -0.05) is 0 Å². The quantitative estimate of drug-likeness (QED) is 0.748. The van der Waals surface area contributed by atoms with E-state index in [1.807, 2.05) is 18.2 Å². The van der Waals surface area contributed by atoms with Crippen LogP contribution in [0.1, 0.15) is 12.8 Å². The van der Waals surface area contributed by atoms with Crippen LogP contribution in [0.2, 0.25) is 0 Å². The highest BCUT2D eigenvalue weighted by Crippen LogP contribution is 2.29. The summed E-state index contributed by atoms with van der Waals surface area (Å²) in [6.45, 7) is 0.781. The van der Waals surface area contributed by atoms with Gasteiger partial charge in [0.1, 0.15) is 0 Å². The molecule has 0 bridgehead atoms. The molecule has 1 aromatic carbocycles. The summed E-state index contributed by atoms with van der Waals surface area (Å²) in [5.41, 5.74) is 0.968. The molecular weight excluding hydrogens is 204 g/mol. The van der Waals surface area contributed by atoms with Gasteiger partial charge in [-0.05, 0) is 18.6 Å². The van der Waals surface area contributed by atoms with Gasteiger partial charge in [-0.2, -0.15) is 5.26 Å². The van der Waals surface area contributed by atoms with Gasteiger partial charge in [-0.25, -0.2) is 0 Å². The van der Waals surface area contributed by atoms with Gasteiger partial charge in [-0.15, -0.1) is 0 Å². The highest BCUT2D eigenvalue weighted by molar-refractivity contribution is 5.54. The Morgan fingerprint density at radius 3 is 2.62 bits per heavy atom. The van der Waals surface area contributed by atoms with Crippen LogP contribution in [0.4, 0.5) is 5.69 Å². The molecule has 0 aromatic heterocycles. The molecule has 0 aliphatic rings. The molecule has 1 N–H and O–H groups in total. The number of unbranched alkanes of at least 4 members (excludes halogenated alkanes) is 1. The van der Waals surface area contributed by atoms with Crippen LogP contribution in [0.5, 0.6) is 11.5 Å². The molecular formula is C12H16N2O2. The van der Waals surface area contributed by atoms with Gasteiger partial charge in [0.25, 0.3) is 0 Å². The third-order valence-corrected chi connectivity index (χ3v) is 2.18. The van der Waals surface area contributed by atoms with E-state index in [0.29, 0.717) is 17.9 Å². The van der Waals surface area contributed by atoms with Crippen molar-refractivity contribution in [3.8, 4) is 17.6 Å². The molecule has 0 unspecified atom stereocenters. The number of nitrogens with one attached hydrogen (secondary N) is 1. The smallest absolute Gasteiger partial charge is 0.162 e. The first-order valence-corrected chi connectivity index (χ1v) is 5.14. The van der Waals surface area contributed by atoms with Gasteiger partial charge in [-0.3, -0.25) is 0 Å². The Bertz CT molecular complexity index is 372. The third-order valence-electron chi connectivity index (χ3n) is 2.18. The zero-order valence-corrected chi connectivity index (χ0v) is 9.62. The van der Waals surface area contributed by atoms with E-state index in [1.54, 1.807) is 14.2 Å². The van der Waals surface area contributed by atoms with Crippen LogP contribution in [0.25, 0.3) is 0 Å². The maximum atomic E-state index is 8.40. The molecule has 0 fully saturated rings. The van der Waals surface area contributed by atoms with Gasteiger partial charge < -0.3 is 14.8 Å². The molecule has 0 atom stereocenters. The number of anilines is 1. The van der Waals surface area contributed by atoms with Gasteiger partial charge in [0.05, 0.1) is 20.3 Å². The van der Waals surface area contributed by atoms with Crippen molar-refractivity contribution in [2.45, 2.75) is 12.8 Å². The standard InChI is InChI=1S/C12H16N2O2/c1-15-11-6-5-10(9-12(11)16-2)14-8-4-3-7-13/h5-6,9,14H,3-4,8H2,1-2H3. The van der Waals surface area contributed by atoms with Crippen LogP contribution in [0.3, 0.4) is 0 Å². The summed E-state index contributed by atoms with van der Waals surface area (Å²) in [5, 5.41) is 11.6. The molecule has 0 spiro atoms. The molecule has 86 valence electrons. The lowest BCUT2D eigenvalue weighted by Gasteiger charge is -2.10. The average molecular weight is 220 g/mol. The first-order valence-electron chi connectivity index (χ1n) is 5.14. The van der Waals surface area contributed by atoms with Crippen LogP contribution < -0.4 is 14.8 Å². The topological polar surface area (TPSA) is 54.3 Å². The Morgan fingerprint density at radius 1 is 1.25 bits per heavy atom. The molecule has 0 saturated carbocycles. The van der Waals surface area contributed by atoms with E-state index < -0.39 is 0 Å². The summed E-state index contributed by atoms with van der Waals surface area (Å²) in [5.74, 6) is 1.41. The molecule has 0 aliphatic carbocycles. The molecule has 4 nitrogen and oxygen atoms in total. The van der Waals surface area contributed by atoms with E-state index in [0.717, 1.165) is 18.7 Å². The first-order chi connectivity index (χ1) is 7.81. The first kappa shape index (κ1) is 12.2. The number of ether oxygens (including phenoxy) is 2. The van der Waals surface area contributed by atoms with Crippen molar-refractivity contribution >= 4 is 5.69 Å². The van der Waals surface area contributed by atoms with E-state index in [9.17, 15) is 0 Å². The maximum absolute atomic E-state index is 8.40. The number of methoxy groups -OCH3 is 2. The molecule has 16 heavy (non-hydrogen) atoms. The fourth-order valence-corrected chi connectivity index (χ4v) is 1.35. The van der Waals surface area contributed by atoms with Crippen LogP contribution in [0.15, 0.2) is 18.2 Å². The van der Waals surface area contributed by atoms with E-state index in [-0.39, 0.29) is 0 Å². The number of rotatable bonds is 6. The van der Waals surface area contributed by atoms with Crippen LogP contribution in [-0.2, 0) is 0 Å². The van der Waals surface area contributed by atoms with Crippen molar-refractivity contribution in [3.05, 3.63) is 18.2 Å². The zero-order valence-electron chi connectivity index (χ0n) is 9.62. The second kappa shape index (κ2) is 6.57. The molecule has 0 amide bonds. The SMILES string of the molecule is COc1ccc(NCCCC#N)cc1OC. The minimum absolute atomic E-state index is 0.570. The summed E-state index contributed by atoms with van der Waals surface area (Å²) in [4.78, 5) is 0. The lowest BCUT2D eigenvalue weighted by molar-refractivity contribution is 0.355. The normalized spacial score (nSPS) is 9.31. The molecule has 4 heteroatoms. The van der Waals surface area contributed by atoms with Gasteiger partial charge in [0, 0.05) is 24.7 Å². The Kier molecular flexibility index (Phi) is 5.00. The Labute approximate surface area is 95.8 Å². The summed E-state index contributed by atoms with van der Waals surface area (Å²) < 4.78 is 10.3. The highest BCUT2D eigenvalue weighted by atomic mass is 16.5. The predicted octanol–water partition coefficient (Wildman–Crippen LogP) is 2.42. The number of benzene rings is 1. The van der Waals surface area contributed by atoms with Gasteiger partial charge >= 0.3 is 0 Å². The van der Waals surface area contributed by atoms with Crippen molar-refractivity contribution in [2.24, 2.45) is 0 Å². The summed E-state index contributed by atoms with van der Waals surface area (Å²) >= 11 is 0. The molecule has 0 heterocycles. The van der Waals surface area contributed by atoms with Crippen molar-refractivity contribution in [1.29, 1.82) is 5.26 Å². The van der Waals surface area contributed by atoms with Crippen LogP contribution in [-0.4, -0.2) is 20.8 Å². The number of hydrogen-bond donors (Lipinski definition) is 1. The average Bonchev–Trinajstić information content (AvgIpc) is 2.34. The molecule has 0 aliphatic heterocycles. The van der Waals surface area contributed by atoms with Crippen LogP contribution in [0, 0.1) is 11.3 Å². The van der Waals surface area contributed by atoms with E-state index in [1.165, 1.54) is 0 Å². The minimum atomic E-state index is 0.570. The van der Waals surface area contributed by atoms with Gasteiger partial charge in [0.15, 0.2) is 11.5 Å².